The quantitative estimate of drug-likeness (QED) is 0.857. The summed E-state index contributed by atoms with van der Waals surface area (Å²) in [4.78, 5) is 12.3. The van der Waals surface area contributed by atoms with Crippen LogP contribution in [-0.4, -0.2) is 41.2 Å². The first-order valence-corrected chi connectivity index (χ1v) is 9.71. The summed E-state index contributed by atoms with van der Waals surface area (Å²) in [7, 11) is -3.05. The van der Waals surface area contributed by atoms with Crippen LogP contribution in [0.15, 0.2) is 41.1 Å². The highest BCUT2D eigenvalue weighted by Gasteiger charge is 2.39. The highest BCUT2D eigenvalue weighted by Crippen LogP contribution is 2.23. The molecule has 1 aliphatic heterocycles. The molecular weight excluding hydrogens is 382 g/mol. The average molecular weight is 398 g/mol. The van der Waals surface area contributed by atoms with Crippen molar-refractivity contribution in [2.45, 2.75) is 18.9 Å². The molecule has 23 heavy (non-hydrogen) atoms. The van der Waals surface area contributed by atoms with Crippen LogP contribution in [0.25, 0.3) is 5.69 Å². The summed E-state index contributed by atoms with van der Waals surface area (Å²) in [5.41, 5.74) is 0.633. The molecule has 1 aromatic heterocycles. The van der Waals surface area contributed by atoms with Crippen molar-refractivity contribution in [3.8, 4) is 5.69 Å². The summed E-state index contributed by atoms with van der Waals surface area (Å²) in [6.07, 6.45) is 3.95. The second-order valence-electron chi connectivity index (χ2n) is 6.01. The van der Waals surface area contributed by atoms with Crippen molar-refractivity contribution >= 4 is 31.7 Å². The van der Waals surface area contributed by atoms with E-state index < -0.39 is 15.4 Å². The highest BCUT2D eigenvalue weighted by molar-refractivity contribution is 9.10. The fraction of sp³-hybridized carbons (Fsp3) is 0.333. The van der Waals surface area contributed by atoms with Gasteiger partial charge in [0, 0.05) is 11.8 Å². The molecule has 0 aliphatic carbocycles. The summed E-state index contributed by atoms with van der Waals surface area (Å²) >= 11 is 3.33. The average Bonchev–Trinajstić information content (AvgIpc) is 3.02. The van der Waals surface area contributed by atoms with Gasteiger partial charge in [-0.2, -0.15) is 5.10 Å². The summed E-state index contributed by atoms with van der Waals surface area (Å²) in [6, 6.07) is 6.99. The number of sulfone groups is 1. The molecule has 1 amide bonds. The minimum atomic E-state index is -3.05. The smallest absolute Gasteiger partial charge is 0.251 e. The van der Waals surface area contributed by atoms with E-state index in [1.54, 1.807) is 42.1 Å². The number of rotatable bonds is 3. The predicted octanol–water partition coefficient (Wildman–Crippen LogP) is 1.94. The van der Waals surface area contributed by atoms with Gasteiger partial charge in [0.2, 0.25) is 0 Å². The number of carbonyl (C=O) groups is 1. The Balaban J connectivity index is 1.73. The molecule has 3 rings (SSSR count). The molecule has 1 atom stereocenters. The summed E-state index contributed by atoms with van der Waals surface area (Å²) in [6.45, 7) is 1.77. The van der Waals surface area contributed by atoms with E-state index in [-0.39, 0.29) is 17.4 Å². The van der Waals surface area contributed by atoms with Gasteiger partial charge < -0.3 is 5.32 Å². The van der Waals surface area contributed by atoms with Crippen LogP contribution in [0.4, 0.5) is 0 Å². The molecular formula is C15H16BrN3O3S. The molecule has 8 heteroatoms. The Hall–Kier alpha value is -1.67. The van der Waals surface area contributed by atoms with Gasteiger partial charge in [0.05, 0.1) is 33.4 Å². The maximum atomic E-state index is 12.3. The lowest BCUT2D eigenvalue weighted by Gasteiger charge is -2.23. The van der Waals surface area contributed by atoms with Crippen LogP contribution in [0.5, 0.6) is 0 Å². The molecule has 0 saturated carbocycles. The molecule has 6 nitrogen and oxygen atoms in total. The fourth-order valence-electron chi connectivity index (χ4n) is 2.66. The molecule has 122 valence electrons. The van der Waals surface area contributed by atoms with Gasteiger partial charge in [0.15, 0.2) is 9.84 Å². The number of benzene rings is 1. The second kappa shape index (κ2) is 5.76. The number of halogens is 1. The topological polar surface area (TPSA) is 81.1 Å². The van der Waals surface area contributed by atoms with E-state index in [0.717, 1.165) is 10.2 Å². The van der Waals surface area contributed by atoms with Gasteiger partial charge >= 0.3 is 0 Å². The van der Waals surface area contributed by atoms with Gasteiger partial charge in [-0.3, -0.25) is 4.79 Å². The van der Waals surface area contributed by atoms with Gasteiger partial charge in [-0.15, -0.1) is 0 Å². The molecule has 2 aromatic rings. The first kappa shape index (κ1) is 16.2. The third-order valence-corrected chi connectivity index (χ3v) is 6.18. The van der Waals surface area contributed by atoms with Crippen LogP contribution in [0, 0.1) is 0 Å². The predicted molar refractivity (Wildman–Crippen MR) is 90.4 cm³/mol. The van der Waals surface area contributed by atoms with Gasteiger partial charge in [-0.1, -0.05) is 0 Å². The zero-order valence-electron chi connectivity index (χ0n) is 12.5. The number of nitrogens with one attached hydrogen (secondary N) is 1. The van der Waals surface area contributed by atoms with Crippen LogP contribution < -0.4 is 5.32 Å². The molecule has 1 aliphatic rings. The molecule has 1 unspecified atom stereocenters. The van der Waals surface area contributed by atoms with Crippen molar-refractivity contribution in [1.82, 2.24) is 15.1 Å². The Labute approximate surface area is 142 Å². The van der Waals surface area contributed by atoms with Crippen molar-refractivity contribution in [3.63, 3.8) is 0 Å². The summed E-state index contributed by atoms with van der Waals surface area (Å²) in [5.74, 6) is -0.153. The number of hydrogen-bond acceptors (Lipinski definition) is 4. The highest BCUT2D eigenvalue weighted by atomic mass is 79.9. The fourth-order valence-corrected chi connectivity index (χ4v) is 5.04. The molecule has 0 bridgehead atoms. The van der Waals surface area contributed by atoms with Crippen LogP contribution >= 0.6 is 15.9 Å². The Morgan fingerprint density at radius 1 is 1.35 bits per heavy atom. The van der Waals surface area contributed by atoms with Crippen LogP contribution in [0.1, 0.15) is 23.7 Å². The Morgan fingerprint density at radius 3 is 2.57 bits per heavy atom. The first-order valence-electron chi connectivity index (χ1n) is 7.10. The van der Waals surface area contributed by atoms with E-state index in [4.69, 9.17) is 0 Å². The first-order chi connectivity index (χ1) is 10.8. The maximum Gasteiger partial charge on any atom is 0.251 e. The number of nitrogens with zero attached hydrogens (tertiary/aromatic N) is 2. The van der Waals surface area contributed by atoms with Crippen LogP contribution in [0.2, 0.25) is 0 Å². The zero-order valence-corrected chi connectivity index (χ0v) is 14.9. The standard InChI is InChI=1S/C15H16BrN3O3S/c1-15(6-7-23(21,22)10-15)18-14(20)11-2-4-13(5-3-11)19-9-12(16)8-17-19/h2-5,8-9H,6-7,10H2,1H3,(H,18,20). The summed E-state index contributed by atoms with van der Waals surface area (Å²) < 4.78 is 25.8. The number of aromatic nitrogens is 2. The second-order valence-corrected chi connectivity index (χ2v) is 9.11. The van der Waals surface area contributed by atoms with E-state index in [1.807, 2.05) is 6.20 Å². The molecule has 1 saturated heterocycles. The van der Waals surface area contributed by atoms with E-state index in [0.29, 0.717) is 12.0 Å². The lowest BCUT2D eigenvalue weighted by atomic mass is 10.0. The molecule has 0 spiro atoms. The van der Waals surface area contributed by atoms with Gasteiger partial charge in [0.1, 0.15) is 0 Å². The molecule has 1 N–H and O–H groups in total. The largest absolute Gasteiger partial charge is 0.346 e. The van der Waals surface area contributed by atoms with E-state index >= 15 is 0 Å². The van der Waals surface area contributed by atoms with Crippen molar-refractivity contribution in [1.29, 1.82) is 0 Å². The third-order valence-electron chi connectivity index (χ3n) is 3.86. The Morgan fingerprint density at radius 2 is 2.04 bits per heavy atom. The Kier molecular flexibility index (Phi) is 4.05. The van der Waals surface area contributed by atoms with Gasteiger partial charge in [-0.05, 0) is 53.5 Å². The SMILES string of the molecule is CC1(NC(=O)c2ccc(-n3cc(Br)cn3)cc2)CCS(=O)(=O)C1. The minimum absolute atomic E-state index is 0.00879. The molecule has 2 heterocycles. The molecule has 1 fully saturated rings. The number of amides is 1. The number of hydrogen-bond donors (Lipinski definition) is 1. The maximum absolute atomic E-state index is 12.3. The van der Waals surface area contributed by atoms with E-state index in [2.05, 4.69) is 26.3 Å². The van der Waals surface area contributed by atoms with Crippen molar-refractivity contribution in [3.05, 3.63) is 46.7 Å². The van der Waals surface area contributed by atoms with Gasteiger partial charge in [-0.25, -0.2) is 13.1 Å². The van der Waals surface area contributed by atoms with Crippen LogP contribution in [-0.2, 0) is 9.84 Å². The lowest BCUT2D eigenvalue weighted by molar-refractivity contribution is 0.0915. The normalized spacial score (nSPS) is 22.9. The van der Waals surface area contributed by atoms with Crippen molar-refractivity contribution in [2.75, 3.05) is 11.5 Å². The molecule has 1 aromatic carbocycles. The minimum Gasteiger partial charge on any atom is -0.346 e. The van der Waals surface area contributed by atoms with Crippen LogP contribution in [0.3, 0.4) is 0 Å². The Bertz CT molecular complexity index is 845. The zero-order chi connectivity index (χ0) is 16.7. The lowest BCUT2D eigenvalue weighted by Crippen LogP contribution is -2.46. The van der Waals surface area contributed by atoms with E-state index in [1.165, 1.54) is 0 Å². The molecule has 0 radical (unpaired) electrons. The van der Waals surface area contributed by atoms with Crippen molar-refractivity contribution in [2.24, 2.45) is 0 Å². The monoisotopic (exact) mass is 397 g/mol. The summed E-state index contributed by atoms with van der Waals surface area (Å²) in [5, 5.41) is 7.02. The van der Waals surface area contributed by atoms with Gasteiger partial charge in [0.25, 0.3) is 5.91 Å². The number of carbonyl (C=O) groups excluding carboxylic acids is 1. The third kappa shape index (κ3) is 3.64. The van der Waals surface area contributed by atoms with E-state index in [9.17, 15) is 13.2 Å². The van der Waals surface area contributed by atoms with Crippen molar-refractivity contribution < 1.29 is 13.2 Å².